The van der Waals surface area contributed by atoms with Gasteiger partial charge in [0.1, 0.15) is 6.54 Å². The molecule has 0 saturated heterocycles. The lowest BCUT2D eigenvalue weighted by Gasteiger charge is -2.22. The summed E-state index contributed by atoms with van der Waals surface area (Å²) < 4.78 is 0. The van der Waals surface area contributed by atoms with E-state index in [1.54, 1.807) is 11.0 Å². The number of nitrogens with one attached hydrogen (secondary N) is 1. The van der Waals surface area contributed by atoms with E-state index in [2.05, 4.69) is 17.2 Å². The van der Waals surface area contributed by atoms with Crippen molar-refractivity contribution in [2.24, 2.45) is 0 Å². The largest absolute Gasteiger partial charge is 0.329 e. The number of unbranched alkanes of at least 4 members (excludes halogenated alkanes) is 1. The Kier molecular flexibility index (Phi) is 6.49. The van der Waals surface area contributed by atoms with E-state index < -0.39 is 0 Å². The van der Waals surface area contributed by atoms with E-state index in [9.17, 15) is 9.59 Å². The molecule has 2 rings (SSSR count). The summed E-state index contributed by atoms with van der Waals surface area (Å²) in [5.74, 6) is -0.325. The van der Waals surface area contributed by atoms with Gasteiger partial charge < -0.3 is 10.2 Å². The number of rotatable bonds is 7. The third kappa shape index (κ3) is 4.89. The van der Waals surface area contributed by atoms with Crippen molar-refractivity contribution in [1.29, 1.82) is 0 Å². The number of carbonyl (C=O) groups excluding carboxylic acids is 2. The number of amides is 2. The molecule has 0 fully saturated rings. The Hall–Kier alpha value is -2.21. The fourth-order valence-electron chi connectivity index (χ4n) is 2.33. The summed E-state index contributed by atoms with van der Waals surface area (Å²) in [5.41, 5.74) is 2.43. The van der Waals surface area contributed by atoms with Crippen molar-refractivity contribution >= 4 is 28.3 Å². The summed E-state index contributed by atoms with van der Waals surface area (Å²) in [6.07, 6.45) is 1.83. The highest BCUT2D eigenvalue weighted by atomic mass is 32.1. The second-order valence-corrected chi connectivity index (χ2v) is 6.60. The number of benzene rings is 1. The van der Waals surface area contributed by atoms with Gasteiger partial charge >= 0.3 is 0 Å². The minimum Gasteiger partial charge on any atom is -0.329 e. The monoisotopic (exact) mass is 345 g/mol. The van der Waals surface area contributed by atoms with Crippen molar-refractivity contribution < 1.29 is 9.59 Å². The third-order valence-electron chi connectivity index (χ3n) is 3.64. The van der Waals surface area contributed by atoms with Gasteiger partial charge in [-0.05, 0) is 31.9 Å². The van der Waals surface area contributed by atoms with E-state index in [-0.39, 0.29) is 18.4 Å². The number of hydrogen-bond donors (Lipinski definition) is 1. The Bertz CT molecular complexity index is 712. The van der Waals surface area contributed by atoms with Gasteiger partial charge in [-0.15, -0.1) is 11.3 Å². The summed E-state index contributed by atoms with van der Waals surface area (Å²) in [6, 6.07) is 7.46. The molecule has 1 heterocycles. The third-order valence-corrected chi connectivity index (χ3v) is 4.52. The zero-order chi connectivity index (χ0) is 17.5. The second-order valence-electron chi connectivity index (χ2n) is 5.74. The molecule has 5 nitrogen and oxygen atoms in total. The van der Waals surface area contributed by atoms with Crippen molar-refractivity contribution in [2.75, 3.05) is 18.4 Å². The minimum absolute atomic E-state index is 0.0335. The van der Waals surface area contributed by atoms with Crippen molar-refractivity contribution in [3.63, 3.8) is 0 Å². The van der Waals surface area contributed by atoms with E-state index in [4.69, 9.17) is 0 Å². The second kappa shape index (κ2) is 8.59. The van der Waals surface area contributed by atoms with Gasteiger partial charge in [0.05, 0.1) is 5.69 Å². The zero-order valence-corrected chi connectivity index (χ0v) is 15.2. The lowest BCUT2D eigenvalue weighted by Crippen LogP contribution is -2.39. The van der Waals surface area contributed by atoms with Crippen LogP contribution in [0.25, 0.3) is 0 Å². The molecule has 1 aromatic carbocycles. The molecule has 0 aliphatic rings. The SMILES string of the molecule is CCCCN(CC(=O)Nc1nc(C)cs1)C(=O)c1ccccc1C. The number of aromatic nitrogens is 1. The van der Waals surface area contributed by atoms with E-state index >= 15 is 0 Å². The van der Waals surface area contributed by atoms with E-state index in [0.29, 0.717) is 17.2 Å². The highest BCUT2D eigenvalue weighted by Crippen LogP contribution is 2.15. The normalized spacial score (nSPS) is 10.5. The van der Waals surface area contributed by atoms with Crippen LogP contribution in [0.3, 0.4) is 0 Å². The molecule has 0 unspecified atom stereocenters. The molecule has 0 saturated carbocycles. The summed E-state index contributed by atoms with van der Waals surface area (Å²) in [7, 11) is 0. The van der Waals surface area contributed by atoms with Crippen molar-refractivity contribution in [3.05, 3.63) is 46.5 Å². The summed E-state index contributed by atoms with van der Waals surface area (Å²) in [4.78, 5) is 30.9. The van der Waals surface area contributed by atoms with Crippen molar-refractivity contribution in [2.45, 2.75) is 33.6 Å². The van der Waals surface area contributed by atoms with E-state index in [0.717, 1.165) is 24.1 Å². The first-order valence-corrected chi connectivity index (χ1v) is 8.96. The van der Waals surface area contributed by atoms with Gasteiger partial charge in [-0.25, -0.2) is 4.98 Å². The predicted octanol–water partition coefficient (Wildman–Crippen LogP) is 3.64. The summed E-state index contributed by atoms with van der Waals surface area (Å²) >= 11 is 1.38. The Morgan fingerprint density at radius 1 is 1.25 bits per heavy atom. The first-order valence-electron chi connectivity index (χ1n) is 8.08. The van der Waals surface area contributed by atoms with Crippen LogP contribution in [-0.4, -0.2) is 34.8 Å². The first-order chi connectivity index (χ1) is 11.5. The number of carbonyl (C=O) groups is 2. The molecule has 0 atom stereocenters. The van der Waals surface area contributed by atoms with Gasteiger partial charge in [0.25, 0.3) is 5.91 Å². The van der Waals surface area contributed by atoms with Crippen LogP contribution in [0.5, 0.6) is 0 Å². The molecule has 2 aromatic rings. The van der Waals surface area contributed by atoms with Crippen LogP contribution in [0.4, 0.5) is 5.13 Å². The maximum Gasteiger partial charge on any atom is 0.254 e. The van der Waals surface area contributed by atoms with Crippen molar-refractivity contribution in [1.82, 2.24) is 9.88 Å². The van der Waals surface area contributed by atoms with Crippen LogP contribution >= 0.6 is 11.3 Å². The summed E-state index contributed by atoms with van der Waals surface area (Å²) in [6.45, 7) is 6.44. The van der Waals surface area contributed by atoms with Gasteiger partial charge in [-0.2, -0.15) is 0 Å². The van der Waals surface area contributed by atoms with Crippen molar-refractivity contribution in [3.8, 4) is 0 Å². The maximum absolute atomic E-state index is 12.8. The Morgan fingerprint density at radius 2 is 2.00 bits per heavy atom. The van der Waals surface area contributed by atoms with E-state index in [1.807, 2.05) is 37.4 Å². The van der Waals surface area contributed by atoms with Gasteiger partial charge in [0.2, 0.25) is 5.91 Å². The number of hydrogen-bond acceptors (Lipinski definition) is 4. The first kappa shape index (κ1) is 18.1. The highest BCUT2D eigenvalue weighted by Gasteiger charge is 2.20. The number of aryl methyl sites for hydroxylation is 2. The predicted molar refractivity (Wildman–Crippen MR) is 97.5 cm³/mol. The highest BCUT2D eigenvalue weighted by molar-refractivity contribution is 7.13. The lowest BCUT2D eigenvalue weighted by molar-refractivity contribution is -0.116. The molecule has 0 radical (unpaired) electrons. The van der Waals surface area contributed by atoms with Gasteiger partial charge in [0.15, 0.2) is 5.13 Å². The average Bonchev–Trinajstić information content (AvgIpc) is 2.96. The molecule has 0 aliphatic carbocycles. The molecule has 2 amide bonds. The molecular formula is C18H23N3O2S. The Morgan fingerprint density at radius 3 is 2.62 bits per heavy atom. The quantitative estimate of drug-likeness (QED) is 0.833. The average molecular weight is 345 g/mol. The van der Waals surface area contributed by atoms with Gasteiger partial charge in [0, 0.05) is 17.5 Å². The molecule has 1 aromatic heterocycles. The van der Waals surface area contributed by atoms with Crippen LogP contribution in [0, 0.1) is 13.8 Å². The van der Waals surface area contributed by atoms with Gasteiger partial charge in [-0.3, -0.25) is 9.59 Å². The molecule has 128 valence electrons. The maximum atomic E-state index is 12.8. The lowest BCUT2D eigenvalue weighted by atomic mass is 10.1. The fourth-order valence-corrected chi connectivity index (χ4v) is 3.03. The molecule has 1 N–H and O–H groups in total. The van der Waals surface area contributed by atoms with Crippen LogP contribution in [0.2, 0.25) is 0 Å². The molecule has 0 aliphatic heterocycles. The number of thiazole rings is 1. The van der Waals surface area contributed by atoms with Crippen LogP contribution in [0.15, 0.2) is 29.6 Å². The Balaban J connectivity index is 2.08. The van der Waals surface area contributed by atoms with Crippen LogP contribution in [-0.2, 0) is 4.79 Å². The fraction of sp³-hybridized carbons (Fsp3) is 0.389. The molecule has 24 heavy (non-hydrogen) atoms. The molecule has 6 heteroatoms. The van der Waals surface area contributed by atoms with Gasteiger partial charge in [-0.1, -0.05) is 31.5 Å². The molecule has 0 spiro atoms. The minimum atomic E-state index is -0.220. The van der Waals surface area contributed by atoms with Crippen LogP contribution < -0.4 is 5.32 Å². The zero-order valence-electron chi connectivity index (χ0n) is 14.3. The Labute approximate surface area is 146 Å². The van der Waals surface area contributed by atoms with Crippen LogP contribution in [0.1, 0.15) is 41.4 Å². The number of anilines is 1. The van der Waals surface area contributed by atoms with E-state index in [1.165, 1.54) is 11.3 Å². The standard InChI is InChI=1S/C18H23N3O2S/c1-4-5-10-21(17(23)15-9-7-6-8-13(15)2)11-16(22)20-18-19-14(3)12-24-18/h6-9,12H,4-5,10-11H2,1-3H3,(H,19,20,22). The number of nitrogens with zero attached hydrogens (tertiary/aromatic N) is 2. The smallest absolute Gasteiger partial charge is 0.254 e. The molecule has 0 bridgehead atoms. The molecular weight excluding hydrogens is 322 g/mol. The topological polar surface area (TPSA) is 62.3 Å². The summed E-state index contributed by atoms with van der Waals surface area (Å²) in [5, 5.41) is 5.21.